The number of rotatable bonds is 1. The van der Waals surface area contributed by atoms with Crippen LogP contribution in [0.15, 0.2) is 182 Å². The number of para-hydroxylation sites is 1. The van der Waals surface area contributed by atoms with E-state index in [1.807, 2.05) is 117 Å². The van der Waals surface area contributed by atoms with Crippen molar-refractivity contribution < 1.29 is 26.8 Å². The number of hydrogen-bond donors (Lipinski definition) is 0. The number of fused-ring (bicyclic) bond motifs is 28. The van der Waals surface area contributed by atoms with Gasteiger partial charge in [0, 0.05) is 108 Å². The smallest absolute Gasteiger partial charge is 0.392 e. The lowest BCUT2D eigenvalue weighted by molar-refractivity contribution is -0.651. The van der Waals surface area contributed by atoms with Crippen molar-refractivity contribution in [2.75, 3.05) is 0 Å². The van der Waals surface area contributed by atoms with Gasteiger partial charge in [-0.2, -0.15) is 33.8 Å². The maximum absolute atomic E-state index is 7.99. The van der Waals surface area contributed by atoms with Crippen molar-refractivity contribution in [3.63, 3.8) is 0 Å². The molecule has 0 amide bonds. The van der Waals surface area contributed by atoms with E-state index in [0.29, 0.717) is 35.0 Å². The van der Waals surface area contributed by atoms with Crippen LogP contribution in [0.4, 0.5) is 0 Å². The number of pyridine rings is 4. The van der Waals surface area contributed by atoms with Gasteiger partial charge in [0.1, 0.15) is 12.2 Å². The van der Waals surface area contributed by atoms with Crippen molar-refractivity contribution in [2.45, 2.75) is 26.2 Å². The monoisotopic (exact) mass is 1100 g/mol. The third kappa shape index (κ3) is 6.45. The second kappa shape index (κ2) is 17.3. The molecule has 20 heterocycles. The largest absolute Gasteiger partial charge is 0.395 e. The van der Waals surface area contributed by atoms with E-state index >= 15 is 0 Å². The predicted octanol–water partition coefficient (Wildman–Crippen LogP) is 5.44. The summed E-state index contributed by atoms with van der Waals surface area (Å²) in [5.41, 5.74) is 19.7. The van der Waals surface area contributed by atoms with Crippen LogP contribution in [-0.2, 0) is 40.2 Å². The molecule has 17 aromatic rings. The molecule has 0 atom stereocenters. The molecule has 0 unspecified atom stereocenters. The molecule has 84 heavy (non-hydrogen) atoms. The molecule has 4 aliphatic rings. The topological polar surface area (TPSA) is 216 Å². The van der Waals surface area contributed by atoms with E-state index in [2.05, 4.69) is 104 Å². The molecule has 21 rings (SSSR count). The first-order chi connectivity index (χ1) is 42.7. The fourth-order valence-electron chi connectivity index (χ4n) is 12.4. The van der Waals surface area contributed by atoms with Crippen LogP contribution >= 0.6 is 0 Å². The molecular formula is C60H43N23O+4. The van der Waals surface area contributed by atoms with E-state index < -0.39 is 6.98 Å². The van der Waals surface area contributed by atoms with Crippen molar-refractivity contribution in [3.05, 3.63) is 200 Å². The summed E-state index contributed by atoms with van der Waals surface area (Å²) in [6.45, 7) is 0.645. The molecule has 0 aliphatic carbocycles. The maximum atomic E-state index is 7.99. The van der Waals surface area contributed by atoms with Crippen LogP contribution in [0.2, 0.25) is 0 Å². The number of hydrogen-bond acceptors (Lipinski definition) is 13. The molecule has 400 valence electrons. The number of benzene rings is 1. The molecule has 0 bridgehead atoms. The van der Waals surface area contributed by atoms with Crippen LogP contribution in [0.1, 0.15) is 26.4 Å². The second-order valence-electron chi connectivity index (χ2n) is 20.6. The first-order valence-corrected chi connectivity index (χ1v) is 27.0. The Kier molecular flexibility index (Phi) is 8.89. The fraction of sp³-hybridized carbons (Fsp3) is 0.100. The third-order valence-corrected chi connectivity index (χ3v) is 16.0. The summed E-state index contributed by atoms with van der Waals surface area (Å²) in [5, 5.41) is 17.5. The summed E-state index contributed by atoms with van der Waals surface area (Å²) in [6, 6.07) is 33.6. The molecule has 16 aromatic heterocycles. The average Bonchev–Trinajstić information content (AvgIpc) is 1.60. The number of aromatic nitrogens is 23. The van der Waals surface area contributed by atoms with Crippen molar-refractivity contribution in [1.82, 2.24) is 92.0 Å². The predicted molar refractivity (Wildman–Crippen MR) is 302 cm³/mol. The van der Waals surface area contributed by atoms with Gasteiger partial charge in [-0.3, -0.25) is 19.9 Å². The number of nitrogens with zero attached hydrogens (tertiary/aromatic N) is 23. The molecule has 4 aliphatic heterocycles. The molecule has 0 saturated heterocycles. The minimum Gasteiger partial charge on any atom is -0.395 e. The van der Waals surface area contributed by atoms with Crippen LogP contribution in [0.5, 0.6) is 0 Å². The van der Waals surface area contributed by atoms with E-state index in [-0.39, 0.29) is 0 Å². The minimum absolute atomic E-state index is 0.477. The van der Waals surface area contributed by atoms with Crippen molar-refractivity contribution in [1.29, 1.82) is 0 Å². The van der Waals surface area contributed by atoms with Gasteiger partial charge >= 0.3 is 34.2 Å². The highest BCUT2D eigenvalue weighted by molar-refractivity contribution is 5.81. The summed E-state index contributed by atoms with van der Waals surface area (Å²) < 4.78 is 51.2. The zero-order valence-corrected chi connectivity index (χ0v) is 44.3. The van der Waals surface area contributed by atoms with Crippen LogP contribution in [0, 0.1) is 0 Å². The van der Waals surface area contributed by atoms with Crippen LogP contribution < -0.4 is 18.3 Å². The Morgan fingerprint density at radius 2 is 0.940 bits per heavy atom. The lowest BCUT2D eigenvalue weighted by Crippen LogP contribution is -2.31. The molecule has 0 saturated carbocycles. The third-order valence-electron chi connectivity index (χ3n) is 16.0. The van der Waals surface area contributed by atoms with E-state index in [1.165, 1.54) is 26.8 Å². The quantitative estimate of drug-likeness (QED) is 0.188. The van der Waals surface area contributed by atoms with Gasteiger partial charge in [0.15, 0.2) is 0 Å². The minimum atomic E-state index is -2.34. The summed E-state index contributed by atoms with van der Waals surface area (Å²) in [4.78, 5) is 35.6. The SMILES string of the molecule is C[n+]1c2n(c3nc4cccnn4c31)Cc1ccncc1-2.[2H]C([2H])([2H])[n+]1c2n(c3nc4cccnn4c31)Cc1ccncc1-2.c1ccc(-n2c3[n+](c4nc5cccnn5c42)Cc2ccncc2-3)cc1.c1cnn2c(c1)nc1c2oc2[n+]1Cc1ccncc1-2. The molecule has 0 spiro atoms. The lowest BCUT2D eigenvalue weighted by atomic mass is 10.2. The van der Waals surface area contributed by atoms with Crippen molar-refractivity contribution >= 4 is 67.8 Å². The molecule has 0 radical (unpaired) electrons. The zero-order chi connectivity index (χ0) is 57.8. The Bertz CT molecular complexity index is 5710. The van der Waals surface area contributed by atoms with E-state index in [0.717, 1.165) is 110 Å². The average molecular weight is 1110 g/mol. The highest BCUT2D eigenvalue weighted by Gasteiger charge is 2.39. The summed E-state index contributed by atoms with van der Waals surface area (Å²) in [5.74, 6) is 3.66. The van der Waals surface area contributed by atoms with Gasteiger partial charge < -0.3 is 4.42 Å². The molecule has 24 heteroatoms. The van der Waals surface area contributed by atoms with Crippen LogP contribution in [-0.4, -0.2) is 92.0 Å². The highest BCUT2D eigenvalue weighted by atomic mass is 16.4. The molecule has 24 nitrogen and oxygen atoms in total. The number of imidazole rings is 7. The van der Waals surface area contributed by atoms with Gasteiger partial charge in [0.25, 0.3) is 22.6 Å². The van der Waals surface area contributed by atoms with Gasteiger partial charge in [0.2, 0.25) is 34.4 Å². The van der Waals surface area contributed by atoms with Crippen LogP contribution in [0.3, 0.4) is 0 Å². The summed E-state index contributed by atoms with van der Waals surface area (Å²) in [7, 11) is 2.05. The molecule has 0 N–H and O–H groups in total. The maximum Gasteiger partial charge on any atom is 0.392 e. The first-order valence-electron chi connectivity index (χ1n) is 28.5. The fourth-order valence-corrected chi connectivity index (χ4v) is 12.4. The van der Waals surface area contributed by atoms with Gasteiger partial charge in [-0.05, 0) is 65.6 Å². The van der Waals surface area contributed by atoms with Gasteiger partial charge in [0.05, 0.1) is 72.4 Å². The van der Waals surface area contributed by atoms with Crippen LogP contribution in [0.25, 0.3) is 119 Å². The Morgan fingerprint density at radius 3 is 1.56 bits per heavy atom. The molecular weight excluding hydrogens is 1060 g/mol. The van der Waals surface area contributed by atoms with Gasteiger partial charge in [-0.15, -0.1) is 19.2 Å². The zero-order valence-electron chi connectivity index (χ0n) is 47.3. The van der Waals surface area contributed by atoms with Crippen molar-refractivity contribution in [3.8, 4) is 51.3 Å². The summed E-state index contributed by atoms with van der Waals surface area (Å²) in [6.07, 6.45) is 21.5. The normalized spacial score (nSPS) is 13.6. The standard InChI is InChI=1S/C19H13N6.2C14H11N6.C13H8N5O/c1-2-5-14(6-3-1)24-18-15-11-20-10-8-13(15)12-23(18)17-19(24)25-16(22-17)7-4-9-21-25;2*1-18-13-10-7-15-6-4-9(10)8-19(13)12-14(18)20-11(17-12)3-2-5-16-20;1-2-10-16-11-13(18(10)15-4-1)19-12-9-6-14-5-3-8(9)7-17(11)12/h1-11H,12H2;2*2-7H,8H2,1H3;1-6H,7H2/q4*+1/i;1D3;;. The van der Waals surface area contributed by atoms with Crippen molar-refractivity contribution in [2.24, 2.45) is 14.0 Å². The second-order valence-corrected chi connectivity index (χ2v) is 20.6. The Labute approximate surface area is 476 Å². The Morgan fingerprint density at radius 1 is 0.452 bits per heavy atom. The lowest BCUT2D eigenvalue weighted by Gasteiger charge is -2.03. The first kappa shape index (κ1) is 43.0. The van der Waals surface area contributed by atoms with E-state index in [1.54, 1.807) is 58.5 Å². The summed E-state index contributed by atoms with van der Waals surface area (Å²) >= 11 is 0. The number of aryl methyl sites for hydroxylation is 2. The highest BCUT2D eigenvalue weighted by Crippen LogP contribution is 2.36. The van der Waals surface area contributed by atoms with E-state index in [9.17, 15) is 0 Å². The Hall–Kier alpha value is -11.8. The van der Waals surface area contributed by atoms with Gasteiger partial charge in [-0.25, -0.2) is 27.4 Å². The Balaban J connectivity index is 0.0000000877. The molecule has 1 aromatic carbocycles. The number of oxazole rings is 1. The van der Waals surface area contributed by atoms with Gasteiger partial charge in [-0.1, -0.05) is 23.2 Å². The molecule has 0 fully saturated rings. The van der Waals surface area contributed by atoms with E-state index in [4.69, 9.17) is 18.5 Å².